The van der Waals surface area contributed by atoms with E-state index in [1.54, 1.807) is 0 Å². The summed E-state index contributed by atoms with van der Waals surface area (Å²) in [5.41, 5.74) is 0. The second-order valence-electron chi connectivity index (χ2n) is 0. The Morgan fingerprint density at radius 3 is 1.25 bits per heavy atom. The van der Waals surface area contributed by atoms with E-state index in [4.69, 9.17) is 0 Å². The first-order valence-corrected chi connectivity index (χ1v) is 1.13. The van der Waals surface area contributed by atoms with E-state index in [0.717, 1.165) is 0 Å². The van der Waals surface area contributed by atoms with Crippen LogP contribution in [0.5, 0.6) is 0 Å². The van der Waals surface area contributed by atoms with E-state index >= 15 is 0 Å². The molecule has 0 saturated heterocycles. The molecule has 0 fully saturated rings. The summed E-state index contributed by atoms with van der Waals surface area (Å²) in [6, 6.07) is 0. The first-order chi connectivity index (χ1) is 1.00. The van der Waals surface area contributed by atoms with E-state index in [9.17, 15) is 0 Å². The maximum absolute atomic E-state index is 4.64. The van der Waals surface area contributed by atoms with Gasteiger partial charge in [-0.2, -0.15) is 0 Å². The SMILES string of the molecule is [Br-].[Li+].[Li][Cl]. The predicted octanol–water partition coefficient (Wildman–Crippen LogP) is -5.68. The normalized spacial score (nSPS) is 1.75. The van der Waals surface area contributed by atoms with Crippen LogP contribution < -0.4 is 35.8 Å². The van der Waals surface area contributed by atoms with Gasteiger partial charge in [-0.1, -0.05) is 0 Å². The molecule has 4 heteroatoms. The molecule has 0 aliphatic heterocycles. The van der Waals surface area contributed by atoms with Crippen molar-refractivity contribution < 1.29 is 35.8 Å². The summed E-state index contributed by atoms with van der Waals surface area (Å²) >= 11 is 1.47. The molecule has 0 heterocycles. The molecule has 0 aromatic heterocycles. The molecule has 0 aliphatic rings. The van der Waals surface area contributed by atoms with Crippen molar-refractivity contribution in [1.29, 1.82) is 0 Å². The van der Waals surface area contributed by atoms with Gasteiger partial charge in [0.1, 0.15) is 0 Å². The maximum atomic E-state index is 4.64. The predicted molar refractivity (Wildman–Crippen MR) is 11.6 cm³/mol. The van der Waals surface area contributed by atoms with Crippen molar-refractivity contribution in [2.24, 2.45) is 0 Å². The van der Waals surface area contributed by atoms with E-state index in [-0.39, 0.29) is 35.8 Å². The summed E-state index contributed by atoms with van der Waals surface area (Å²) in [7, 11) is 4.64. The Morgan fingerprint density at radius 1 is 1.25 bits per heavy atom. The first kappa shape index (κ1) is 16.7. The van der Waals surface area contributed by atoms with Gasteiger partial charge >= 0.3 is 45.4 Å². The summed E-state index contributed by atoms with van der Waals surface area (Å²) in [6.45, 7) is 0. The average Bonchev–Trinajstić information content (AvgIpc) is 1.00. The van der Waals surface area contributed by atoms with Crippen LogP contribution in [-0.2, 0) is 0 Å². The van der Waals surface area contributed by atoms with Gasteiger partial charge in [0.2, 0.25) is 0 Å². The number of halogens is 2. The Kier molecular flexibility index (Phi) is 84.5. The van der Waals surface area contributed by atoms with Gasteiger partial charge in [0, 0.05) is 0 Å². The van der Waals surface area contributed by atoms with E-state index < -0.39 is 0 Å². The molecule has 0 saturated carbocycles. The first-order valence-electron chi connectivity index (χ1n) is 0.378. The fourth-order valence-electron chi connectivity index (χ4n) is 0. The standard InChI is InChI=1S/BrH.ClH.2Li/h2*1H;;/q;;2*+1/p-2. The van der Waals surface area contributed by atoms with E-state index in [2.05, 4.69) is 9.80 Å². The number of rotatable bonds is 0. The van der Waals surface area contributed by atoms with Crippen molar-refractivity contribution in [3.63, 3.8) is 0 Å². The fourth-order valence-corrected chi connectivity index (χ4v) is 0. The van der Waals surface area contributed by atoms with Crippen molar-refractivity contribution >= 4 is 26.5 Å². The van der Waals surface area contributed by atoms with Crippen molar-refractivity contribution in [3.05, 3.63) is 0 Å². The van der Waals surface area contributed by atoms with Gasteiger partial charge in [-0.3, -0.25) is 0 Å². The van der Waals surface area contributed by atoms with Gasteiger partial charge in [-0.15, -0.1) is 0 Å². The van der Waals surface area contributed by atoms with Crippen LogP contribution >= 0.6 is 9.80 Å². The minimum atomic E-state index is 0. The minimum absolute atomic E-state index is 0. The Morgan fingerprint density at radius 2 is 1.25 bits per heavy atom. The Bertz CT molecular complexity index is 6.00. The van der Waals surface area contributed by atoms with Crippen LogP contribution in [0.25, 0.3) is 0 Å². The molecule has 0 amide bonds. The van der Waals surface area contributed by atoms with Crippen LogP contribution in [0.4, 0.5) is 0 Å². The zero-order chi connectivity index (χ0) is 2.00. The van der Waals surface area contributed by atoms with Gasteiger partial charge in [0.05, 0.1) is 0 Å². The second-order valence-corrected chi connectivity index (χ2v) is 0. The summed E-state index contributed by atoms with van der Waals surface area (Å²) in [5.74, 6) is 0. The number of hydrogen-bond donors (Lipinski definition) is 0. The zero-order valence-electron chi connectivity index (χ0n) is 2.76. The average molecular weight is 129 g/mol. The Labute approximate surface area is 61.9 Å². The molecule has 0 bridgehead atoms. The van der Waals surface area contributed by atoms with Gasteiger partial charge in [0.15, 0.2) is 0 Å². The molecular formula is BrClLi2. The fraction of sp³-hybridized carbons (Fsp3) is 0. The molecule has 0 aromatic carbocycles. The van der Waals surface area contributed by atoms with Crippen molar-refractivity contribution in [2.45, 2.75) is 0 Å². The summed E-state index contributed by atoms with van der Waals surface area (Å²) in [5, 5.41) is 0. The van der Waals surface area contributed by atoms with Crippen LogP contribution in [0.1, 0.15) is 0 Å². The van der Waals surface area contributed by atoms with Crippen molar-refractivity contribution in [3.8, 4) is 0 Å². The third-order valence-corrected chi connectivity index (χ3v) is 0. The summed E-state index contributed by atoms with van der Waals surface area (Å²) in [6.07, 6.45) is 0. The van der Waals surface area contributed by atoms with Crippen LogP contribution in [0, 0.1) is 0 Å². The third-order valence-electron chi connectivity index (χ3n) is 0. The van der Waals surface area contributed by atoms with E-state index in [0.29, 0.717) is 0 Å². The molecule has 4 heavy (non-hydrogen) atoms. The molecule has 16 valence electrons. The molecule has 0 aromatic rings. The molecule has 0 aliphatic carbocycles. The molecule has 0 radical (unpaired) electrons. The quantitative estimate of drug-likeness (QED) is 0.286. The Balaban J connectivity index is -0.00000000500. The molecule has 0 rings (SSSR count). The van der Waals surface area contributed by atoms with Crippen LogP contribution in [0.15, 0.2) is 0 Å². The van der Waals surface area contributed by atoms with E-state index in [1.807, 2.05) is 0 Å². The van der Waals surface area contributed by atoms with Crippen LogP contribution in [0.3, 0.4) is 0 Å². The van der Waals surface area contributed by atoms with Gasteiger partial charge in [-0.25, -0.2) is 0 Å². The summed E-state index contributed by atoms with van der Waals surface area (Å²) < 4.78 is 0. The van der Waals surface area contributed by atoms with Crippen LogP contribution in [0.2, 0.25) is 0 Å². The topological polar surface area (TPSA) is 0 Å². The molecule has 0 N–H and O–H groups in total. The molecule has 0 unspecified atom stereocenters. The monoisotopic (exact) mass is 128 g/mol. The van der Waals surface area contributed by atoms with Gasteiger partial charge < -0.3 is 17.0 Å². The van der Waals surface area contributed by atoms with Crippen molar-refractivity contribution in [1.82, 2.24) is 0 Å². The van der Waals surface area contributed by atoms with Crippen LogP contribution in [-0.4, -0.2) is 16.7 Å². The van der Waals surface area contributed by atoms with Crippen molar-refractivity contribution in [2.75, 3.05) is 0 Å². The van der Waals surface area contributed by atoms with Gasteiger partial charge in [-0.05, 0) is 0 Å². The number of hydrogen-bond acceptors (Lipinski definition) is 0. The molecule has 0 atom stereocenters. The van der Waals surface area contributed by atoms with E-state index in [1.165, 1.54) is 16.7 Å². The Hall–Kier alpha value is 1.96. The second kappa shape index (κ2) is 20.2. The van der Waals surface area contributed by atoms with Gasteiger partial charge in [0.25, 0.3) is 0 Å². The molecular weight excluding hydrogens is 129 g/mol. The molecule has 0 nitrogen and oxygen atoms in total. The zero-order valence-corrected chi connectivity index (χ0v) is 5.10. The third kappa shape index (κ3) is 9.03. The summed E-state index contributed by atoms with van der Waals surface area (Å²) in [4.78, 5) is 0. The molecule has 0 spiro atoms.